The van der Waals surface area contributed by atoms with Crippen molar-refractivity contribution >= 4 is 5.91 Å². The lowest BCUT2D eigenvalue weighted by Crippen LogP contribution is -2.49. The van der Waals surface area contributed by atoms with Gasteiger partial charge in [0.25, 0.3) is 0 Å². The molecule has 0 spiro atoms. The molecule has 1 heterocycles. The third-order valence-electron chi connectivity index (χ3n) is 3.99. The van der Waals surface area contributed by atoms with E-state index in [9.17, 15) is 18.0 Å². The quantitative estimate of drug-likeness (QED) is 0.910. The first kappa shape index (κ1) is 15.9. The van der Waals surface area contributed by atoms with Gasteiger partial charge >= 0.3 is 6.18 Å². The Labute approximate surface area is 121 Å². The third kappa shape index (κ3) is 3.78. The summed E-state index contributed by atoms with van der Waals surface area (Å²) in [5.41, 5.74) is 4.84. The average molecular weight is 304 g/mol. The van der Waals surface area contributed by atoms with E-state index >= 15 is 0 Å². The number of hydrogen-bond donors (Lipinski definition) is 1. The van der Waals surface area contributed by atoms with E-state index in [0.29, 0.717) is 18.6 Å². The molecule has 0 unspecified atom stereocenters. The standard InChI is InChI=1S/C14H19F3N2O2/c15-14(16,17)10-19(8-11-4-3-7-21-11)12(20)13(9-18)5-1-2-6-13/h3-4,7H,1-2,5-6,8-10,18H2. The predicted octanol–water partition coefficient (Wildman–Crippen LogP) is 2.69. The topological polar surface area (TPSA) is 59.5 Å². The van der Waals surface area contributed by atoms with E-state index in [2.05, 4.69) is 0 Å². The Kier molecular flexibility index (Phi) is 4.61. The molecule has 1 fully saturated rings. The number of hydrogen-bond acceptors (Lipinski definition) is 3. The first-order chi connectivity index (χ1) is 9.86. The highest BCUT2D eigenvalue weighted by molar-refractivity contribution is 5.83. The highest BCUT2D eigenvalue weighted by Gasteiger charge is 2.45. The summed E-state index contributed by atoms with van der Waals surface area (Å²) >= 11 is 0. The molecule has 0 aliphatic heterocycles. The minimum atomic E-state index is -4.45. The zero-order valence-corrected chi connectivity index (χ0v) is 11.7. The SMILES string of the molecule is NCC1(C(=O)N(Cc2ccco2)CC(F)(F)F)CCCC1. The van der Waals surface area contributed by atoms with E-state index in [4.69, 9.17) is 10.2 Å². The van der Waals surface area contributed by atoms with E-state index in [1.165, 1.54) is 6.26 Å². The van der Waals surface area contributed by atoms with Crippen LogP contribution in [0.2, 0.25) is 0 Å². The van der Waals surface area contributed by atoms with Crippen molar-refractivity contribution in [3.63, 3.8) is 0 Å². The van der Waals surface area contributed by atoms with Crippen LogP contribution >= 0.6 is 0 Å². The molecule has 1 aliphatic rings. The summed E-state index contributed by atoms with van der Waals surface area (Å²) in [5, 5.41) is 0. The smallest absolute Gasteiger partial charge is 0.406 e. The Balaban J connectivity index is 2.19. The second kappa shape index (κ2) is 6.09. The molecule has 7 heteroatoms. The minimum Gasteiger partial charge on any atom is -0.467 e. The predicted molar refractivity (Wildman–Crippen MR) is 70.1 cm³/mol. The van der Waals surface area contributed by atoms with Gasteiger partial charge < -0.3 is 15.1 Å². The van der Waals surface area contributed by atoms with Gasteiger partial charge in [-0.3, -0.25) is 4.79 Å². The number of rotatable bonds is 5. The van der Waals surface area contributed by atoms with Crippen molar-refractivity contribution in [2.45, 2.75) is 38.4 Å². The van der Waals surface area contributed by atoms with Crippen molar-refractivity contribution in [2.75, 3.05) is 13.1 Å². The molecule has 0 saturated heterocycles. The maximum absolute atomic E-state index is 12.8. The van der Waals surface area contributed by atoms with Gasteiger partial charge in [0, 0.05) is 6.54 Å². The number of furan rings is 1. The van der Waals surface area contributed by atoms with E-state index in [-0.39, 0.29) is 13.1 Å². The van der Waals surface area contributed by atoms with Crippen molar-refractivity contribution in [1.82, 2.24) is 4.90 Å². The van der Waals surface area contributed by atoms with E-state index in [0.717, 1.165) is 17.7 Å². The number of nitrogens with two attached hydrogens (primary N) is 1. The van der Waals surface area contributed by atoms with Gasteiger partial charge in [-0.1, -0.05) is 12.8 Å². The van der Waals surface area contributed by atoms with E-state index in [1.54, 1.807) is 12.1 Å². The average Bonchev–Trinajstić information content (AvgIpc) is 3.07. The zero-order valence-electron chi connectivity index (χ0n) is 11.7. The molecule has 2 rings (SSSR count). The first-order valence-corrected chi connectivity index (χ1v) is 6.95. The van der Waals surface area contributed by atoms with Crippen LogP contribution < -0.4 is 5.73 Å². The highest BCUT2D eigenvalue weighted by atomic mass is 19.4. The molecule has 4 nitrogen and oxygen atoms in total. The second-order valence-electron chi connectivity index (χ2n) is 5.55. The third-order valence-corrected chi connectivity index (χ3v) is 3.99. The van der Waals surface area contributed by atoms with Crippen molar-refractivity contribution in [1.29, 1.82) is 0 Å². The van der Waals surface area contributed by atoms with Crippen LogP contribution in [0.25, 0.3) is 0 Å². The Hall–Kier alpha value is -1.50. The number of halogens is 3. The summed E-state index contributed by atoms with van der Waals surface area (Å²) in [6.45, 7) is -1.39. The number of carbonyl (C=O) groups excluding carboxylic acids is 1. The van der Waals surface area contributed by atoms with Gasteiger partial charge in [0.1, 0.15) is 12.3 Å². The molecular formula is C14H19F3N2O2. The van der Waals surface area contributed by atoms with Gasteiger partial charge in [0.05, 0.1) is 18.2 Å². The van der Waals surface area contributed by atoms with Crippen LogP contribution in [0.15, 0.2) is 22.8 Å². The van der Waals surface area contributed by atoms with Crippen molar-refractivity contribution < 1.29 is 22.4 Å². The van der Waals surface area contributed by atoms with Crippen LogP contribution in [0.1, 0.15) is 31.4 Å². The lowest BCUT2D eigenvalue weighted by molar-refractivity contribution is -0.169. The van der Waals surface area contributed by atoms with Crippen LogP contribution in [0.4, 0.5) is 13.2 Å². The molecule has 21 heavy (non-hydrogen) atoms. The molecule has 1 amide bonds. The van der Waals surface area contributed by atoms with Gasteiger partial charge in [0.2, 0.25) is 5.91 Å². The Morgan fingerprint density at radius 2 is 2.05 bits per heavy atom. The fourth-order valence-electron chi connectivity index (χ4n) is 2.90. The Morgan fingerprint density at radius 1 is 1.38 bits per heavy atom. The normalized spacial score (nSPS) is 17.9. The van der Waals surface area contributed by atoms with Crippen molar-refractivity contribution in [3.8, 4) is 0 Å². The molecule has 0 radical (unpaired) electrons. The summed E-state index contributed by atoms with van der Waals surface area (Å²) in [6.07, 6.45) is -0.326. The number of alkyl halides is 3. The summed E-state index contributed by atoms with van der Waals surface area (Å²) in [5.74, 6) is -0.186. The summed E-state index contributed by atoms with van der Waals surface area (Å²) in [6, 6.07) is 3.14. The number of amides is 1. The Morgan fingerprint density at radius 3 is 2.52 bits per heavy atom. The lowest BCUT2D eigenvalue weighted by Gasteiger charge is -2.33. The molecule has 1 aliphatic carbocycles. The first-order valence-electron chi connectivity index (χ1n) is 6.95. The van der Waals surface area contributed by atoms with E-state index in [1.807, 2.05) is 0 Å². The van der Waals surface area contributed by atoms with Crippen LogP contribution in [0.3, 0.4) is 0 Å². The van der Waals surface area contributed by atoms with Gasteiger partial charge in [-0.25, -0.2) is 0 Å². The molecule has 0 bridgehead atoms. The maximum atomic E-state index is 12.8. The van der Waals surface area contributed by atoms with Crippen molar-refractivity contribution in [3.05, 3.63) is 24.2 Å². The van der Waals surface area contributed by atoms with E-state index < -0.39 is 24.0 Å². The summed E-state index contributed by atoms with van der Waals surface area (Å²) in [7, 11) is 0. The van der Waals surface area contributed by atoms with Crippen LogP contribution in [-0.4, -0.2) is 30.1 Å². The molecule has 0 atom stereocenters. The summed E-state index contributed by atoms with van der Waals surface area (Å²) in [4.78, 5) is 13.4. The molecule has 2 N–H and O–H groups in total. The van der Waals surface area contributed by atoms with Crippen LogP contribution in [-0.2, 0) is 11.3 Å². The molecule has 1 aromatic rings. The van der Waals surface area contributed by atoms with Gasteiger partial charge in [-0.2, -0.15) is 13.2 Å². The molecule has 0 aromatic carbocycles. The summed E-state index contributed by atoms with van der Waals surface area (Å²) < 4.78 is 43.3. The minimum absolute atomic E-state index is 0.0817. The highest BCUT2D eigenvalue weighted by Crippen LogP contribution is 2.39. The maximum Gasteiger partial charge on any atom is 0.406 e. The van der Waals surface area contributed by atoms with Gasteiger partial charge in [0.15, 0.2) is 0 Å². The van der Waals surface area contributed by atoms with Crippen LogP contribution in [0.5, 0.6) is 0 Å². The largest absolute Gasteiger partial charge is 0.467 e. The monoisotopic (exact) mass is 304 g/mol. The fraction of sp³-hybridized carbons (Fsp3) is 0.643. The molecular weight excluding hydrogens is 285 g/mol. The van der Waals surface area contributed by atoms with Crippen molar-refractivity contribution in [2.24, 2.45) is 11.1 Å². The number of nitrogens with zero attached hydrogens (tertiary/aromatic N) is 1. The molecule has 118 valence electrons. The molecule has 1 saturated carbocycles. The van der Waals surface area contributed by atoms with Crippen LogP contribution in [0, 0.1) is 5.41 Å². The number of carbonyl (C=O) groups is 1. The fourth-order valence-corrected chi connectivity index (χ4v) is 2.90. The molecule has 1 aromatic heterocycles. The Bertz CT molecular complexity index is 465. The van der Waals surface area contributed by atoms with Gasteiger partial charge in [-0.05, 0) is 25.0 Å². The second-order valence-corrected chi connectivity index (χ2v) is 5.55. The lowest BCUT2D eigenvalue weighted by atomic mass is 9.84. The van der Waals surface area contributed by atoms with Gasteiger partial charge in [-0.15, -0.1) is 0 Å². The zero-order chi connectivity index (χ0) is 15.5.